The van der Waals surface area contributed by atoms with Gasteiger partial charge in [0.2, 0.25) is 5.91 Å². The fourth-order valence-corrected chi connectivity index (χ4v) is 4.98. The van der Waals surface area contributed by atoms with Crippen molar-refractivity contribution in [3.63, 3.8) is 0 Å². The highest BCUT2D eigenvalue weighted by Crippen LogP contribution is 2.29. The van der Waals surface area contributed by atoms with Gasteiger partial charge in [-0.25, -0.2) is 17.2 Å². The van der Waals surface area contributed by atoms with Crippen LogP contribution >= 0.6 is 11.6 Å². The third-order valence-corrected chi connectivity index (χ3v) is 7.30. The maximum Gasteiger partial charge on any atom is 0.264 e. The Bertz CT molecular complexity index is 1270. The summed E-state index contributed by atoms with van der Waals surface area (Å²) in [5.41, 5.74) is 0.282. The average molecular weight is 523 g/mol. The van der Waals surface area contributed by atoms with Crippen molar-refractivity contribution in [2.75, 3.05) is 24.5 Å². The highest BCUT2D eigenvalue weighted by molar-refractivity contribution is 7.92. The number of nitrogens with zero attached hydrogens (tertiary/aromatic N) is 1. The summed E-state index contributed by atoms with van der Waals surface area (Å²) in [6.07, 6.45) is 0.971. The molecule has 0 aliphatic carbocycles. The molecule has 10 heteroatoms. The normalized spacial score (nSPS) is 11.2. The minimum atomic E-state index is -4.24. The van der Waals surface area contributed by atoms with Crippen molar-refractivity contribution in [1.82, 2.24) is 5.32 Å². The van der Waals surface area contributed by atoms with Crippen LogP contribution in [0.2, 0.25) is 5.02 Å². The third-order valence-electron chi connectivity index (χ3n) is 5.22. The van der Waals surface area contributed by atoms with Gasteiger partial charge < -0.3 is 10.1 Å². The lowest BCUT2D eigenvalue weighted by Gasteiger charge is -2.25. The maximum absolute atomic E-state index is 14.7. The van der Waals surface area contributed by atoms with Gasteiger partial charge in [-0.15, -0.1) is 0 Å². The Morgan fingerprint density at radius 1 is 1.06 bits per heavy atom. The number of anilines is 1. The molecule has 1 amide bonds. The van der Waals surface area contributed by atoms with Crippen LogP contribution in [0, 0.1) is 11.6 Å². The van der Waals surface area contributed by atoms with Gasteiger partial charge in [-0.2, -0.15) is 0 Å². The largest absolute Gasteiger partial charge is 0.493 e. The van der Waals surface area contributed by atoms with Crippen molar-refractivity contribution < 1.29 is 26.7 Å². The molecule has 0 unspecified atom stereocenters. The van der Waals surface area contributed by atoms with E-state index in [2.05, 4.69) is 5.32 Å². The van der Waals surface area contributed by atoms with Gasteiger partial charge in [0.15, 0.2) is 0 Å². The number of carbonyl (C=O) groups is 1. The minimum Gasteiger partial charge on any atom is -0.493 e. The molecule has 3 aromatic rings. The molecular formula is C25H25ClF2N2O4S. The molecule has 0 saturated heterocycles. The molecule has 0 atom stereocenters. The van der Waals surface area contributed by atoms with E-state index in [1.807, 2.05) is 0 Å². The smallest absolute Gasteiger partial charge is 0.264 e. The number of carbonyl (C=O) groups excluding carboxylic acids is 1. The molecule has 0 bridgehead atoms. The van der Waals surface area contributed by atoms with E-state index in [1.54, 1.807) is 31.3 Å². The number of amides is 1. The number of halogens is 3. The predicted molar refractivity (Wildman–Crippen MR) is 131 cm³/mol. The molecule has 35 heavy (non-hydrogen) atoms. The van der Waals surface area contributed by atoms with E-state index in [-0.39, 0.29) is 30.4 Å². The zero-order valence-electron chi connectivity index (χ0n) is 19.0. The second kappa shape index (κ2) is 12.0. The van der Waals surface area contributed by atoms with Gasteiger partial charge in [-0.05, 0) is 60.9 Å². The SMILES string of the molecule is CNC(=O)CCCOc1ccccc1CCN(c1cc(F)ccc1F)S(=O)(=O)c1ccc(Cl)cc1. The van der Waals surface area contributed by atoms with Crippen LogP contribution in [0.25, 0.3) is 0 Å². The summed E-state index contributed by atoms with van der Waals surface area (Å²) in [5, 5.41) is 2.88. The van der Waals surface area contributed by atoms with E-state index >= 15 is 0 Å². The van der Waals surface area contributed by atoms with Gasteiger partial charge in [0, 0.05) is 31.1 Å². The molecule has 0 spiro atoms. The molecule has 0 aliphatic heterocycles. The number of benzene rings is 3. The van der Waals surface area contributed by atoms with Crippen LogP contribution in [0.3, 0.4) is 0 Å². The second-order valence-electron chi connectivity index (χ2n) is 7.61. The van der Waals surface area contributed by atoms with Crippen LogP contribution < -0.4 is 14.4 Å². The highest BCUT2D eigenvalue weighted by atomic mass is 35.5. The number of para-hydroxylation sites is 1. The first-order valence-electron chi connectivity index (χ1n) is 10.9. The van der Waals surface area contributed by atoms with Crippen LogP contribution in [0.1, 0.15) is 18.4 Å². The first kappa shape index (κ1) is 26.4. The van der Waals surface area contributed by atoms with Crippen LogP contribution in [-0.4, -0.2) is 34.5 Å². The van der Waals surface area contributed by atoms with Crippen molar-refractivity contribution in [2.24, 2.45) is 0 Å². The van der Waals surface area contributed by atoms with E-state index in [4.69, 9.17) is 16.3 Å². The Kier molecular flexibility index (Phi) is 9.06. The lowest BCUT2D eigenvalue weighted by Crippen LogP contribution is -2.34. The third kappa shape index (κ3) is 6.93. The van der Waals surface area contributed by atoms with Crippen molar-refractivity contribution in [3.8, 4) is 5.75 Å². The number of sulfonamides is 1. The second-order valence-corrected chi connectivity index (χ2v) is 9.91. The highest BCUT2D eigenvalue weighted by Gasteiger charge is 2.28. The lowest BCUT2D eigenvalue weighted by molar-refractivity contribution is -0.120. The Labute approximate surface area is 208 Å². The zero-order valence-corrected chi connectivity index (χ0v) is 20.6. The Balaban J connectivity index is 1.87. The van der Waals surface area contributed by atoms with Crippen LogP contribution in [-0.2, 0) is 21.2 Å². The lowest BCUT2D eigenvalue weighted by atomic mass is 10.1. The minimum absolute atomic E-state index is 0.0953. The fraction of sp³-hybridized carbons (Fsp3) is 0.240. The summed E-state index contributed by atoms with van der Waals surface area (Å²) in [5.74, 6) is -1.21. The summed E-state index contributed by atoms with van der Waals surface area (Å²) < 4.78 is 62.2. The van der Waals surface area contributed by atoms with Gasteiger partial charge >= 0.3 is 0 Å². The van der Waals surface area contributed by atoms with Gasteiger partial charge in [0.05, 0.1) is 17.2 Å². The molecular weight excluding hydrogens is 498 g/mol. The molecule has 3 rings (SSSR count). The van der Waals surface area contributed by atoms with E-state index in [9.17, 15) is 22.0 Å². The molecule has 0 aromatic heterocycles. The number of nitrogens with one attached hydrogen (secondary N) is 1. The maximum atomic E-state index is 14.7. The van der Waals surface area contributed by atoms with Gasteiger partial charge in [0.1, 0.15) is 17.4 Å². The quantitative estimate of drug-likeness (QED) is 0.361. The molecule has 0 aliphatic rings. The van der Waals surface area contributed by atoms with Crippen LogP contribution in [0.5, 0.6) is 5.75 Å². The van der Waals surface area contributed by atoms with Crippen molar-refractivity contribution >= 4 is 33.2 Å². The Morgan fingerprint density at radius 3 is 2.49 bits per heavy atom. The molecule has 186 valence electrons. The summed E-state index contributed by atoms with van der Waals surface area (Å²) in [6.45, 7) is 0.111. The molecule has 1 N–H and O–H groups in total. The molecule has 0 heterocycles. The van der Waals surface area contributed by atoms with E-state index in [0.29, 0.717) is 29.2 Å². The standard InChI is InChI=1S/C25H25ClF2N2O4S/c1-29-25(31)7-4-16-34-24-6-3-2-5-18(24)14-15-30(23-17-20(27)10-13-22(23)28)35(32,33)21-11-8-19(26)9-12-21/h2-3,5-6,8-13,17H,4,7,14-16H2,1H3,(H,29,31). The summed E-state index contributed by atoms with van der Waals surface area (Å²) in [7, 11) is -2.68. The topological polar surface area (TPSA) is 75.7 Å². The summed E-state index contributed by atoms with van der Waals surface area (Å²) >= 11 is 5.89. The molecule has 3 aromatic carbocycles. The monoisotopic (exact) mass is 522 g/mol. The van der Waals surface area contributed by atoms with Gasteiger partial charge in [-0.1, -0.05) is 29.8 Å². The predicted octanol–water partition coefficient (Wildman–Crippen LogP) is 4.96. The number of hydrogen-bond acceptors (Lipinski definition) is 4. The van der Waals surface area contributed by atoms with E-state index in [1.165, 1.54) is 24.3 Å². The fourth-order valence-electron chi connectivity index (χ4n) is 3.39. The van der Waals surface area contributed by atoms with Gasteiger partial charge in [-0.3, -0.25) is 9.10 Å². The molecule has 0 fully saturated rings. The van der Waals surface area contributed by atoms with Crippen molar-refractivity contribution in [3.05, 3.63) is 89.0 Å². The summed E-state index contributed by atoms with van der Waals surface area (Å²) in [4.78, 5) is 11.3. The van der Waals surface area contributed by atoms with Crippen molar-refractivity contribution in [1.29, 1.82) is 0 Å². The van der Waals surface area contributed by atoms with Crippen LogP contribution in [0.15, 0.2) is 71.6 Å². The van der Waals surface area contributed by atoms with Gasteiger partial charge in [0.25, 0.3) is 10.0 Å². The Hall–Kier alpha value is -3.17. The molecule has 0 saturated carbocycles. The van der Waals surface area contributed by atoms with Crippen LogP contribution in [0.4, 0.5) is 14.5 Å². The number of hydrogen-bond donors (Lipinski definition) is 1. The number of ether oxygens (including phenoxy) is 1. The average Bonchev–Trinajstić information content (AvgIpc) is 2.84. The van der Waals surface area contributed by atoms with E-state index in [0.717, 1.165) is 22.5 Å². The number of rotatable bonds is 11. The Morgan fingerprint density at radius 2 is 1.77 bits per heavy atom. The zero-order chi connectivity index (χ0) is 25.4. The first-order valence-corrected chi connectivity index (χ1v) is 12.7. The first-order chi connectivity index (χ1) is 16.7. The molecule has 6 nitrogen and oxygen atoms in total. The summed E-state index contributed by atoms with van der Waals surface area (Å²) in [6, 6.07) is 15.2. The van der Waals surface area contributed by atoms with Crippen molar-refractivity contribution in [2.45, 2.75) is 24.2 Å². The molecule has 0 radical (unpaired) electrons. The van der Waals surface area contributed by atoms with E-state index < -0.39 is 27.3 Å².